The van der Waals surface area contributed by atoms with Gasteiger partial charge in [0.25, 0.3) is 0 Å². The molecular weight excluding hydrogens is 449 g/mol. The predicted octanol–water partition coefficient (Wildman–Crippen LogP) is 3.64. The number of rotatable bonds is 6. The van der Waals surface area contributed by atoms with E-state index >= 15 is 0 Å². The molecule has 0 aliphatic carbocycles. The summed E-state index contributed by atoms with van der Waals surface area (Å²) in [4.78, 5) is 13.7. The van der Waals surface area contributed by atoms with E-state index in [1.807, 2.05) is 4.68 Å². The van der Waals surface area contributed by atoms with Crippen molar-refractivity contribution in [1.82, 2.24) is 20.0 Å². The molecule has 1 unspecified atom stereocenters. The summed E-state index contributed by atoms with van der Waals surface area (Å²) in [5, 5.41) is 18.2. The fourth-order valence-corrected chi connectivity index (χ4v) is 4.30. The Balaban J connectivity index is 1.62. The molecule has 1 amide bonds. The SMILES string of the molecule is CN/C=C(\C(=N)C(F)(F)F)c1ccc(Nc2nn(C3CCOC3)c3c2CN(C(C)=O)CC3)cc1. The zero-order chi connectivity index (χ0) is 24.5. The lowest BCUT2D eigenvalue weighted by atomic mass is 10.0. The van der Waals surface area contributed by atoms with Gasteiger partial charge in [0, 0.05) is 62.3 Å². The lowest BCUT2D eigenvalue weighted by Crippen LogP contribution is -2.35. The molecule has 34 heavy (non-hydrogen) atoms. The van der Waals surface area contributed by atoms with Gasteiger partial charge in [-0.15, -0.1) is 0 Å². The van der Waals surface area contributed by atoms with Crippen molar-refractivity contribution in [1.29, 1.82) is 5.41 Å². The minimum absolute atomic E-state index is 0.00568. The van der Waals surface area contributed by atoms with Crippen molar-refractivity contribution in [2.75, 3.05) is 32.1 Å². The van der Waals surface area contributed by atoms with Crippen LogP contribution >= 0.6 is 0 Å². The van der Waals surface area contributed by atoms with Crippen LogP contribution in [0.3, 0.4) is 0 Å². The van der Waals surface area contributed by atoms with Gasteiger partial charge < -0.3 is 20.3 Å². The van der Waals surface area contributed by atoms with Crippen LogP contribution in [0.2, 0.25) is 0 Å². The number of ether oxygens (including phenoxy) is 1. The first-order chi connectivity index (χ1) is 16.2. The predicted molar refractivity (Wildman–Crippen MR) is 122 cm³/mol. The highest BCUT2D eigenvalue weighted by molar-refractivity contribution is 6.24. The van der Waals surface area contributed by atoms with Crippen LogP contribution in [0.5, 0.6) is 0 Å². The molecule has 0 saturated carbocycles. The summed E-state index contributed by atoms with van der Waals surface area (Å²) in [6, 6.07) is 6.50. The number of aromatic nitrogens is 2. The number of halogens is 3. The average Bonchev–Trinajstić information content (AvgIpc) is 3.45. The fraction of sp³-hybridized carbons (Fsp3) is 0.435. The maximum Gasteiger partial charge on any atom is 0.433 e. The van der Waals surface area contributed by atoms with E-state index in [9.17, 15) is 18.0 Å². The van der Waals surface area contributed by atoms with Crippen molar-refractivity contribution in [3.8, 4) is 0 Å². The monoisotopic (exact) mass is 476 g/mol. The normalized spacial score (nSPS) is 18.6. The molecule has 2 aliphatic rings. The molecule has 1 saturated heterocycles. The van der Waals surface area contributed by atoms with Gasteiger partial charge in [-0.05, 0) is 24.1 Å². The van der Waals surface area contributed by atoms with Gasteiger partial charge in [-0.25, -0.2) is 0 Å². The van der Waals surface area contributed by atoms with Crippen molar-refractivity contribution < 1.29 is 22.7 Å². The first kappa shape index (κ1) is 23.8. The van der Waals surface area contributed by atoms with Gasteiger partial charge >= 0.3 is 6.18 Å². The number of nitrogens with one attached hydrogen (secondary N) is 3. The fourth-order valence-electron chi connectivity index (χ4n) is 4.30. The number of hydrogen-bond acceptors (Lipinski definition) is 6. The number of carbonyl (C=O) groups is 1. The Morgan fingerprint density at radius 2 is 2.03 bits per heavy atom. The third-order valence-electron chi connectivity index (χ3n) is 6.08. The molecule has 11 heteroatoms. The topological polar surface area (TPSA) is 95.3 Å². The van der Waals surface area contributed by atoms with Gasteiger partial charge in [0.15, 0.2) is 5.82 Å². The highest BCUT2D eigenvalue weighted by Crippen LogP contribution is 2.33. The van der Waals surface area contributed by atoms with E-state index in [4.69, 9.17) is 15.2 Å². The average molecular weight is 477 g/mol. The van der Waals surface area contributed by atoms with Gasteiger partial charge in [-0.2, -0.15) is 18.3 Å². The van der Waals surface area contributed by atoms with Crippen LogP contribution in [-0.2, 0) is 22.5 Å². The number of nitrogens with zero attached hydrogens (tertiary/aromatic N) is 3. The van der Waals surface area contributed by atoms with Crippen molar-refractivity contribution >= 4 is 28.7 Å². The van der Waals surface area contributed by atoms with Gasteiger partial charge in [-0.1, -0.05) is 12.1 Å². The number of alkyl halides is 3. The maximum atomic E-state index is 13.1. The molecule has 0 radical (unpaired) electrons. The van der Waals surface area contributed by atoms with Crippen LogP contribution in [0.25, 0.3) is 5.57 Å². The highest BCUT2D eigenvalue weighted by Gasteiger charge is 2.37. The summed E-state index contributed by atoms with van der Waals surface area (Å²) in [6.45, 7) is 3.88. The summed E-state index contributed by atoms with van der Waals surface area (Å²) in [7, 11) is 1.48. The van der Waals surface area contributed by atoms with Crippen molar-refractivity contribution in [3.63, 3.8) is 0 Å². The van der Waals surface area contributed by atoms with Crippen LogP contribution < -0.4 is 10.6 Å². The highest BCUT2D eigenvalue weighted by atomic mass is 19.4. The van der Waals surface area contributed by atoms with Gasteiger partial charge in [-0.3, -0.25) is 14.9 Å². The molecule has 3 N–H and O–H groups in total. The molecule has 8 nitrogen and oxygen atoms in total. The van der Waals surface area contributed by atoms with E-state index in [1.54, 1.807) is 24.0 Å². The number of anilines is 2. The Hall–Kier alpha value is -3.34. The maximum absolute atomic E-state index is 13.1. The minimum atomic E-state index is -4.75. The molecular formula is C23H27F3N6O2. The quantitative estimate of drug-likeness (QED) is 0.554. The number of amides is 1. The van der Waals surface area contributed by atoms with Gasteiger partial charge in [0.1, 0.15) is 5.71 Å². The first-order valence-corrected chi connectivity index (χ1v) is 11.0. The van der Waals surface area contributed by atoms with Crippen LogP contribution in [0.15, 0.2) is 30.5 Å². The Bertz CT molecular complexity index is 1100. The first-order valence-electron chi connectivity index (χ1n) is 11.0. The third kappa shape index (κ3) is 4.79. The summed E-state index contributed by atoms with van der Waals surface area (Å²) in [6.07, 6.45) is -2.03. The second-order valence-corrected chi connectivity index (χ2v) is 8.35. The molecule has 1 atom stereocenters. The molecule has 0 bridgehead atoms. The van der Waals surface area contributed by atoms with E-state index in [0.29, 0.717) is 44.2 Å². The van der Waals surface area contributed by atoms with Crippen molar-refractivity contribution in [2.24, 2.45) is 0 Å². The number of allylic oxidation sites excluding steroid dienone is 1. The summed E-state index contributed by atoms with van der Waals surface area (Å²) in [5.74, 6) is 0.614. The second-order valence-electron chi connectivity index (χ2n) is 8.35. The van der Waals surface area contributed by atoms with Gasteiger partial charge in [0.2, 0.25) is 5.91 Å². The molecule has 1 fully saturated rings. The summed E-state index contributed by atoms with van der Waals surface area (Å²) < 4.78 is 46.8. The van der Waals surface area contributed by atoms with E-state index in [1.165, 1.54) is 19.2 Å². The summed E-state index contributed by atoms with van der Waals surface area (Å²) >= 11 is 0. The minimum Gasteiger partial charge on any atom is -0.393 e. The number of hydrogen-bond donors (Lipinski definition) is 3. The number of fused-ring (bicyclic) bond motifs is 1. The standard InChI is InChI=1S/C23H27F3N6O2/c1-14(33)31-9-7-20-19(12-31)22(30-32(20)17-8-10-34-13-17)29-16-5-3-15(4-6-16)18(11-28-2)21(27)23(24,25)26/h3-6,11,17,27-28H,7-10,12-13H2,1-2H3,(H,29,30)/b18-11-,27-21?. The summed E-state index contributed by atoms with van der Waals surface area (Å²) in [5.41, 5.74) is 1.25. The Labute approximate surface area is 195 Å². The second kappa shape index (κ2) is 9.49. The lowest BCUT2D eigenvalue weighted by molar-refractivity contribution is -0.129. The van der Waals surface area contributed by atoms with E-state index in [-0.39, 0.29) is 23.1 Å². The van der Waals surface area contributed by atoms with Crippen molar-refractivity contribution in [2.45, 2.75) is 38.5 Å². The zero-order valence-electron chi connectivity index (χ0n) is 19.0. The van der Waals surface area contributed by atoms with E-state index < -0.39 is 11.9 Å². The van der Waals surface area contributed by atoms with E-state index in [0.717, 1.165) is 23.9 Å². The third-order valence-corrected chi connectivity index (χ3v) is 6.08. The lowest BCUT2D eigenvalue weighted by Gasteiger charge is -2.27. The molecule has 2 aliphatic heterocycles. The van der Waals surface area contributed by atoms with Crippen molar-refractivity contribution in [3.05, 3.63) is 47.3 Å². The molecule has 4 rings (SSSR count). The molecule has 182 valence electrons. The Morgan fingerprint density at radius 3 is 2.62 bits per heavy atom. The molecule has 0 spiro atoms. The smallest absolute Gasteiger partial charge is 0.393 e. The Morgan fingerprint density at radius 1 is 1.29 bits per heavy atom. The number of carbonyl (C=O) groups excluding carboxylic acids is 1. The van der Waals surface area contributed by atoms with E-state index in [2.05, 4.69) is 10.6 Å². The van der Waals surface area contributed by atoms with Crippen LogP contribution in [0.4, 0.5) is 24.7 Å². The van der Waals surface area contributed by atoms with Gasteiger partial charge in [0.05, 0.1) is 19.2 Å². The molecule has 2 aromatic rings. The zero-order valence-corrected chi connectivity index (χ0v) is 19.0. The molecule has 1 aromatic carbocycles. The largest absolute Gasteiger partial charge is 0.433 e. The Kier molecular flexibility index (Phi) is 6.65. The van der Waals surface area contributed by atoms with Crippen LogP contribution in [-0.4, -0.2) is 59.3 Å². The van der Waals surface area contributed by atoms with Crippen LogP contribution in [0, 0.1) is 5.41 Å². The molecule has 1 aromatic heterocycles. The molecule has 3 heterocycles. The van der Waals surface area contributed by atoms with Crippen LogP contribution in [0.1, 0.15) is 36.2 Å². The number of benzene rings is 1.